The van der Waals surface area contributed by atoms with Crippen molar-refractivity contribution in [2.75, 3.05) is 19.0 Å². The SMILES string of the molecule is COc1ccc(NC(=O)CCCCCNC(=O)C(F)(F)F)cc1. The molecule has 0 fully saturated rings. The van der Waals surface area contributed by atoms with Crippen LogP contribution in [0.1, 0.15) is 25.7 Å². The van der Waals surface area contributed by atoms with Crippen molar-refractivity contribution in [1.82, 2.24) is 5.32 Å². The molecule has 2 amide bonds. The molecule has 0 aliphatic rings. The van der Waals surface area contributed by atoms with E-state index in [1.54, 1.807) is 36.7 Å². The largest absolute Gasteiger partial charge is 0.497 e. The molecule has 1 aromatic rings. The molecule has 0 aliphatic carbocycles. The lowest BCUT2D eigenvalue weighted by Crippen LogP contribution is -2.37. The number of amides is 2. The highest BCUT2D eigenvalue weighted by Gasteiger charge is 2.38. The Labute approximate surface area is 132 Å². The molecule has 2 N–H and O–H groups in total. The number of hydrogen-bond donors (Lipinski definition) is 2. The molecule has 8 heteroatoms. The van der Waals surface area contributed by atoms with E-state index < -0.39 is 12.1 Å². The molecule has 128 valence electrons. The summed E-state index contributed by atoms with van der Waals surface area (Å²) in [7, 11) is 1.55. The zero-order valence-electron chi connectivity index (χ0n) is 12.7. The minimum atomic E-state index is -4.85. The van der Waals surface area contributed by atoms with Gasteiger partial charge >= 0.3 is 12.1 Å². The molecule has 0 aromatic heterocycles. The van der Waals surface area contributed by atoms with E-state index in [0.29, 0.717) is 30.7 Å². The standard InChI is InChI=1S/C15H19F3N2O3/c1-23-12-8-6-11(7-9-12)20-13(21)5-3-2-4-10-19-14(22)15(16,17)18/h6-9H,2-5,10H2,1H3,(H,19,22)(H,20,21). The lowest BCUT2D eigenvalue weighted by molar-refractivity contribution is -0.173. The number of halogens is 3. The number of alkyl halides is 3. The predicted octanol–water partition coefficient (Wildman–Crippen LogP) is 2.87. The molecule has 0 saturated carbocycles. The summed E-state index contributed by atoms with van der Waals surface area (Å²) in [5.74, 6) is -1.42. The Bertz CT molecular complexity index is 516. The molecule has 0 atom stereocenters. The van der Waals surface area contributed by atoms with Crippen molar-refractivity contribution in [3.63, 3.8) is 0 Å². The van der Waals surface area contributed by atoms with Gasteiger partial charge in [0.15, 0.2) is 0 Å². The van der Waals surface area contributed by atoms with Gasteiger partial charge in [-0.15, -0.1) is 0 Å². The monoisotopic (exact) mass is 332 g/mol. The molecule has 0 aliphatic heterocycles. The summed E-state index contributed by atoms with van der Waals surface area (Å²) < 4.78 is 40.7. The van der Waals surface area contributed by atoms with Crippen LogP contribution in [-0.4, -0.2) is 31.6 Å². The molecule has 0 heterocycles. The number of benzene rings is 1. The smallest absolute Gasteiger partial charge is 0.471 e. The van der Waals surface area contributed by atoms with Crippen LogP contribution in [0.15, 0.2) is 24.3 Å². The van der Waals surface area contributed by atoms with E-state index in [0.717, 1.165) is 0 Å². The van der Waals surface area contributed by atoms with Gasteiger partial charge in [0.2, 0.25) is 5.91 Å². The van der Waals surface area contributed by atoms with Gasteiger partial charge in [-0.2, -0.15) is 13.2 Å². The Balaban J connectivity index is 2.13. The molecule has 0 bridgehead atoms. The molecule has 0 saturated heterocycles. The average Bonchev–Trinajstić information content (AvgIpc) is 2.50. The third-order valence-electron chi connectivity index (χ3n) is 3.00. The van der Waals surface area contributed by atoms with E-state index >= 15 is 0 Å². The van der Waals surface area contributed by atoms with E-state index in [-0.39, 0.29) is 18.9 Å². The van der Waals surface area contributed by atoms with Crippen LogP contribution < -0.4 is 15.4 Å². The van der Waals surface area contributed by atoms with Crippen molar-refractivity contribution in [1.29, 1.82) is 0 Å². The number of carbonyl (C=O) groups excluding carboxylic acids is 2. The van der Waals surface area contributed by atoms with Crippen LogP contribution >= 0.6 is 0 Å². The second-order valence-electron chi connectivity index (χ2n) is 4.84. The van der Waals surface area contributed by atoms with Crippen molar-refractivity contribution >= 4 is 17.5 Å². The van der Waals surface area contributed by atoms with Gasteiger partial charge < -0.3 is 15.4 Å². The van der Waals surface area contributed by atoms with Crippen LogP contribution in [-0.2, 0) is 9.59 Å². The van der Waals surface area contributed by atoms with Crippen LogP contribution in [0, 0.1) is 0 Å². The first-order valence-electron chi connectivity index (χ1n) is 7.12. The summed E-state index contributed by atoms with van der Waals surface area (Å²) in [6.07, 6.45) is -3.12. The third kappa shape index (κ3) is 7.53. The minimum Gasteiger partial charge on any atom is -0.497 e. The van der Waals surface area contributed by atoms with Crippen LogP contribution in [0.3, 0.4) is 0 Å². The molecular formula is C15H19F3N2O3. The summed E-state index contributed by atoms with van der Waals surface area (Å²) in [5, 5.41) is 4.49. The molecule has 1 rings (SSSR count). The number of nitrogens with one attached hydrogen (secondary N) is 2. The van der Waals surface area contributed by atoms with Gasteiger partial charge in [0.05, 0.1) is 7.11 Å². The molecule has 0 spiro atoms. The molecule has 1 aromatic carbocycles. The third-order valence-corrected chi connectivity index (χ3v) is 3.00. The van der Waals surface area contributed by atoms with Crippen LogP contribution in [0.25, 0.3) is 0 Å². The fourth-order valence-electron chi connectivity index (χ4n) is 1.79. The number of unbranched alkanes of at least 4 members (excludes halogenated alkanes) is 2. The predicted molar refractivity (Wildman–Crippen MR) is 79.2 cm³/mol. The highest BCUT2D eigenvalue weighted by molar-refractivity contribution is 5.90. The maximum absolute atomic E-state index is 11.9. The number of ether oxygens (including phenoxy) is 1. The Kier molecular flexibility index (Phi) is 7.37. The maximum atomic E-state index is 11.9. The Morgan fingerprint density at radius 2 is 1.74 bits per heavy atom. The minimum absolute atomic E-state index is 0.0571. The van der Waals surface area contributed by atoms with Crippen LogP contribution in [0.2, 0.25) is 0 Å². The molecular weight excluding hydrogens is 313 g/mol. The number of hydrogen-bond acceptors (Lipinski definition) is 3. The maximum Gasteiger partial charge on any atom is 0.471 e. The van der Waals surface area contributed by atoms with Gasteiger partial charge in [0.25, 0.3) is 0 Å². The fraction of sp³-hybridized carbons (Fsp3) is 0.467. The van der Waals surface area contributed by atoms with E-state index in [2.05, 4.69) is 5.32 Å². The van der Waals surface area contributed by atoms with Crippen molar-refractivity contribution < 1.29 is 27.5 Å². The Hall–Kier alpha value is -2.25. The van der Waals surface area contributed by atoms with Crippen LogP contribution in [0.4, 0.5) is 18.9 Å². The van der Waals surface area contributed by atoms with Crippen LogP contribution in [0.5, 0.6) is 5.75 Å². The Morgan fingerprint density at radius 1 is 1.09 bits per heavy atom. The second-order valence-corrected chi connectivity index (χ2v) is 4.84. The summed E-state index contributed by atoms with van der Waals surface area (Å²) in [6.45, 7) is -0.0571. The summed E-state index contributed by atoms with van der Waals surface area (Å²) in [5.41, 5.74) is 0.647. The zero-order valence-corrected chi connectivity index (χ0v) is 12.7. The zero-order chi connectivity index (χ0) is 17.3. The number of methoxy groups -OCH3 is 1. The second kappa shape index (κ2) is 9.02. The molecule has 23 heavy (non-hydrogen) atoms. The highest BCUT2D eigenvalue weighted by atomic mass is 19.4. The van der Waals surface area contributed by atoms with E-state index in [1.807, 2.05) is 0 Å². The van der Waals surface area contributed by atoms with Gasteiger partial charge in [0.1, 0.15) is 5.75 Å². The van der Waals surface area contributed by atoms with E-state index in [4.69, 9.17) is 4.74 Å². The van der Waals surface area contributed by atoms with E-state index in [1.165, 1.54) is 0 Å². The first-order chi connectivity index (χ1) is 10.8. The fourth-order valence-corrected chi connectivity index (χ4v) is 1.79. The van der Waals surface area contributed by atoms with Gasteiger partial charge in [-0.3, -0.25) is 9.59 Å². The normalized spacial score (nSPS) is 11.0. The van der Waals surface area contributed by atoms with Gasteiger partial charge in [0, 0.05) is 18.7 Å². The number of carbonyl (C=O) groups is 2. The average molecular weight is 332 g/mol. The molecule has 0 radical (unpaired) electrons. The number of rotatable bonds is 8. The van der Waals surface area contributed by atoms with Crippen molar-refractivity contribution in [3.05, 3.63) is 24.3 Å². The lowest BCUT2D eigenvalue weighted by Gasteiger charge is -2.08. The first-order valence-corrected chi connectivity index (χ1v) is 7.12. The quantitative estimate of drug-likeness (QED) is 0.719. The molecule has 0 unspecified atom stereocenters. The number of anilines is 1. The topological polar surface area (TPSA) is 67.4 Å². The lowest BCUT2D eigenvalue weighted by atomic mass is 10.2. The van der Waals surface area contributed by atoms with Crippen molar-refractivity contribution in [3.8, 4) is 5.75 Å². The highest BCUT2D eigenvalue weighted by Crippen LogP contribution is 2.16. The first kappa shape index (κ1) is 18.8. The van der Waals surface area contributed by atoms with Gasteiger partial charge in [-0.05, 0) is 37.1 Å². The Morgan fingerprint density at radius 3 is 2.30 bits per heavy atom. The summed E-state index contributed by atoms with van der Waals surface area (Å²) in [6, 6.07) is 6.87. The van der Waals surface area contributed by atoms with Gasteiger partial charge in [-0.25, -0.2) is 0 Å². The molecule has 5 nitrogen and oxygen atoms in total. The van der Waals surface area contributed by atoms with Gasteiger partial charge in [-0.1, -0.05) is 6.42 Å². The summed E-state index contributed by atoms with van der Waals surface area (Å²) >= 11 is 0. The van der Waals surface area contributed by atoms with Crippen molar-refractivity contribution in [2.24, 2.45) is 0 Å². The summed E-state index contributed by atoms with van der Waals surface area (Å²) in [4.78, 5) is 22.2. The van der Waals surface area contributed by atoms with E-state index in [9.17, 15) is 22.8 Å². The van der Waals surface area contributed by atoms with Crippen molar-refractivity contribution in [2.45, 2.75) is 31.9 Å².